The van der Waals surface area contributed by atoms with Crippen molar-refractivity contribution in [2.45, 2.75) is 64.3 Å². The Hall–Kier alpha value is -2.41. The van der Waals surface area contributed by atoms with E-state index in [9.17, 15) is 9.59 Å². The topological polar surface area (TPSA) is 72.4 Å². The molecule has 0 saturated carbocycles. The van der Waals surface area contributed by atoms with E-state index in [0.29, 0.717) is 6.42 Å². The number of hydrogen-bond donors (Lipinski definition) is 0. The molecule has 0 N–H and O–H groups in total. The highest BCUT2D eigenvalue weighted by Crippen LogP contribution is 2.32. The molecule has 0 bridgehead atoms. The molecule has 3 rings (SSSR count). The van der Waals surface area contributed by atoms with Gasteiger partial charge in [-0.05, 0) is 64.0 Å². The molecule has 6 nitrogen and oxygen atoms in total. The van der Waals surface area contributed by atoms with Crippen LogP contribution in [0, 0.1) is 13.8 Å². The van der Waals surface area contributed by atoms with Crippen molar-refractivity contribution in [2.75, 3.05) is 11.2 Å². The van der Waals surface area contributed by atoms with Crippen LogP contribution in [0.3, 0.4) is 0 Å². The second kappa shape index (κ2) is 8.95. The lowest BCUT2D eigenvalue weighted by molar-refractivity contribution is -0.154. The maximum absolute atomic E-state index is 12.9. The number of carbonyl (C=O) groups is 2. The number of rotatable bonds is 6. The summed E-state index contributed by atoms with van der Waals surface area (Å²) < 4.78 is 5.46. The van der Waals surface area contributed by atoms with Gasteiger partial charge in [-0.1, -0.05) is 30.0 Å². The number of nitrogens with zero attached hydrogens (tertiary/aromatic N) is 3. The Labute approximate surface area is 176 Å². The molecule has 7 heteroatoms. The fourth-order valence-corrected chi connectivity index (χ4v) is 4.25. The number of carbonyl (C=O) groups excluding carboxylic acids is 2. The van der Waals surface area contributed by atoms with Crippen molar-refractivity contribution in [3.63, 3.8) is 0 Å². The quantitative estimate of drug-likeness (QED) is 0.409. The lowest BCUT2D eigenvalue weighted by atomic mass is 10.1. The number of benzene rings is 1. The van der Waals surface area contributed by atoms with Crippen molar-refractivity contribution in [1.82, 2.24) is 9.97 Å². The van der Waals surface area contributed by atoms with E-state index in [-0.39, 0.29) is 18.4 Å². The van der Waals surface area contributed by atoms with Crippen molar-refractivity contribution >= 4 is 29.3 Å². The Morgan fingerprint density at radius 1 is 1.24 bits per heavy atom. The summed E-state index contributed by atoms with van der Waals surface area (Å²) in [6.07, 6.45) is 2.60. The fourth-order valence-electron chi connectivity index (χ4n) is 3.79. The molecule has 0 spiro atoms. The number of amides is 1. The molecule has 0 aliphatic carbocycles. The molecule has 2 atom stereocenters. The summed E-state index contributed by atoms with van der Waals surface area (Å²) in [5, 5.41) is 0.727. The number of aromatic nitrogens is 2. The van der Waals surface area contributed by atoms with Gasteiger partial charge >= 0.3 is 5.97 Å². The minimum absolute atomic E-state index is 0.0541. The third-order valence-corrected chi connectivity index (χ3v) is 5.81. The molecule has 1 aliphatic heterocycles. The maximum atomic E-state index is 12.9. The van der Waals surface area contributed by atoms with Gasteiger partial charge in [0, 0.05) is 29.5 Å². The first-order valence-corrected chi connectivity index (χ1v) is 11.0. The number of ether oxygens (including phenoxy) is 1. The van der Waals surface area contributed by atoms with E-state index >= 15 is 0 Å². The standard InChI is InChI=1S/C22H27N3O3S/c1-13-12-17-8-6-7-9-19(17)25(13)21(27)16(4)28-20(26)11-10-18-14(2)23-22(29-5)24-15(18)3/h6-9,13,16H,10-12H2,1-5H3/t13-,16-/m0/s1. The van der Waals surface area contributed by atoms with Gasteiger partial charge in [-0.3, -0.25) is 9.59 Å². The lowest BCUT2D eigenvalue weighted by Crippen LogP contribution is -2.43. The van der Waals surface area contributed by atoms with Gasteiger partial charge in [-0.2, -0.15) is 0 Å². The van der Waals surface area contributed by atoms with E-state index in [2.05, 4.69) is 9.97 Å². The van der Waals surface area contributed by atoms with Crippen LogP contribution in [0.15, 0.2) is 29.4 Å². The zero-order valence-electron chi connectivity index (χ0n) is 17.6. The summed E-state index contributed by atoms with van der Waals surface area (Å²) in [6.45, 7) is 7.50. The molecule has 1 amide bonds. The van der Waals surface area contributed by atoms with Gasteiger partial charge in [0.15, 0.2) is 11.3 Å². The summed E-state index contributed by atoms with van der Waals surface area (Å²) >= 11 is 1.49. The van der Waals surface area contributed by atoms with Crippen LogP contribution in [0.1, 0.15) is 42.8 Å². The lowest BCUT2D eigenvalue weighted by Gasteiger charge is -2.26. The van der Waals surface area contributed by atoms with Crippen LogP contribution in [0.5, 0.6) is 0 Å². The summed E-state index contributed by atoms with van der Waals surface area (Å²) in [7, 11) is 0. The number of anilines is 1. The highest BCUT2D eigenvalue weighted by Gasteiger charge is 2.34. The molecule has 0 fully saturated rings. The molecular weight excluding hydrogens is 386 g/mol. The first-order chi connectivity index (χ1) is 13.8. The summed E-state index contributed by atoms with van der Waals surface area (Å²) in [4.78, 5) is 35.9. The molecule has 0 unspecified atom stereocenters. The van der Waals surface area contributed by atoms with Gasteiger partial charge in [0.05, 0.1) is 0 Å². The average molecular weight is 414 g/mol. The Morgan fingerprint density at radius 2 is 1.90 bits per heavy atom. The average Bonchev–Trinajstić information content (AvgIpc) is 3.02. The first-order valence-electron chi connectivity index (χ1n) is 9.80. The van der Waals surface area contributed by atoms with Crippen molar-refractivity contribution < 1.29 is 14.3 Å². The normalized spacial score (nSPS) is 16.4. The van der Waals surface area contributed by atoms with Crippen LogP contribution in [-0.2, 0) is 27.2 Å². The second-order valence-electron chi connectivity index (χ2n) is 7.38. The van der Waals surface area contributed by atoms with Gasteiger partial charge < -0.3 is 9.64 Å². The number of fused-ring (bicyclic) bond motifs is 1. The SMILES string of the molecule is CSc1nc(C)c(CCC(=O)O[C@@H](C)C(=O)N2c3ccccc3C[C@@H]2C)c(C)n1. The highest BCUT2D eigenvalue weighted by molar-refractivity contribution is 7.98. The van der Waals surface area contributed by atoms with E-state index in [1.165, 1.54) is 11.8 Å². The van der Waals surface area contributed by atoms with Crippen LogP contribution in [0.4, 0.5) is 5.69 Å². The third-order valence-electron chi connectivity index (χ3n) is 5.26. The van der Waals surface area contributed by atoms with Crippen LogP contribution >= 0.6 is 11.8 Å². The van der Waals surface area contributed by atoms with Crippen LogP contribution < -0.4 is 4.90 Å². The number of aryl methyl sites for hydroxylation is 2. The summed E-state index contributed by atoms with van der Waals surface area (Å²) in [6, 6.07) is 7.92. The zero-order chi connectivity index (χ0) is 21.1. The van der Waals surface area contributed by atoms with Crippen molar-refractivity contribution in [2.24, 2.45) is 0 Å². The van der Waals surface area contributed by atoms with Crippen LogP contribution in [-0.4, -0.2) is 40.2 Å². The predicted molar refractivity (Wildman–Crippen MR) is 114 cm³/mol. The van der Waals surface area contributed by atoms with E-state index in [1.807, 2.05) is 51.3 Å². The van der Waals surface area contributed by atoms with Gasteiger partial charge in [0.1, 0.15) is 0 Å². The fraction of sp³-hybridized carbons (Fsp3) is 0.455. The second-order valence-corrected chi connectivity index (χ2v) is 8.16. The number of para-hydroxylation sites is 1. The molecule has 0 saturated heterocycles. The molecule has 29 heavy (non-hydrogen) atoms. The van der Waals surface area contributed by atoms with Crippen molar-refractivity contribution in [1.29, 1.82) is 0 Å². The summed E-state index contributed by atoms with van der Waals surface area (Å²) in [5.74, 6) is -0.574. The third kappa shape index (κ3) is 4.61. The van der Waals surface area contributed by atoms with Gasteiger partial charge in [-0.25, -0.2) is 9.97 Å². The zero-order valence-corrected chi connectivity index (χ0v) is 18.4. The number of thioether (sulfide) groups is 1. The van der Waals surface area contributed by atoms with Crippen LogP contribution in [0.25, 0.3) is 0 Å². The minimum Gasteiger partial charge on any atom is -0.453 e. The van der Waals surface area contributed by atoms with Crippen molar-refractivity contribution in [3.8, 4) is 0 Å². The summed E-state index contributed by atoms with van der Waals surface area (Å²) in [5.41, 5.74) is 4.76. The van der Waals surface area contributed by atoms with E-state index in [4.69, 9.17) is 4.74 Å². The van der Waals surface area contributed by atoms with Crippen LogP contribution in [0.2, 0.25) is 0 Å². The van der Waals surface area contributed by atoms with Crippen molar-refractivity contribution in [3.05, 3.63) is 46.8 Å². The minimum atomic E-state index is -0.826. The maximum Gasteiger partial charge on any atom is 0.306 e. The Morgan fingerprint density at radius 3 is 2.55 bits per heavy atom. The van der Waals surface area contributed by atoms with Gasteiger partial charge in [-0.15, -0.1) is 0 Å². The number of esters is 1. The molecule has 1 aromatic carbocycles. The van der Waals surface area contributed by atoms with E-state index < -0.39 is 12.1 Å². The van der Waals surface area contributed by atoms with Gasteiger partial charge in [0.25, 0.3) is 5.91 Å². The smallest absolute Gasteiger partial charge is 0.306 e. The Bertz CT molecular complexity index is 908. The predicted octanol–water partition coefficient (Wildman–Crippen LogP) is 3.66. The molecule has 1 aliphatic rings. The molecule has 2 aromatic rings. The van der Waals surface area contributed by atoms with Gasteiger partial charge in [0.2, 0.25) is 0 Å². The van der Waals surface area contributed by atoms with E-state index in [0.717, 1.165) is 39.8 Å². The molecule has 1 aromatic heterocycles. The molecule has 154 valence electrons. The molecule has 0 radical (unpaired) electrons. The highest BCUT2D eigenvalue weighted by atomic mass is 32.2. The molecular formula is C22H27N3O3S. The largest absolute Gasteiger partial charge is 0.453 e. The monoisotopic (exact) mass is 413 g/mol. The number of hydrogen-bond acceptors (Lipinski definition) is 6. The first kappa shape index (κ1) is 21.3. The Kier molecular flexibility index (Phi) is 6.57. The van der Waals surface area contributed by atoms with E-state index in [1.54, 1.807) is 11.8 Å². The molecule has 2 heterocycles. The Balaban J connectivity index is 1.61.